The van der Waals surface area contributed by atoms with Crippen LogP contribution in [0.15, 0.2) is 41.3 Å². The van der Waals surface area contributed by atoms with Crippen molar-refractivity contribution in [3.05, 3.63) is 47.5 Å². The Balaban J connectivity index is 1.88. The Bertz CT molecular complexity index is 1270. The number of nitrogens with one attached hydrogen (secondary N) is 1. The Morgan fingerprint density at radius 1 is 1.03 bits per heavy atom. The number of piperidine rings is 1. The van der Waals surface area contributed by atoms with Gasteiger partial charge in [-0.25, -0.2) is 16.8 Å². The molecule has 3 rings (SSSR count). The van der Waals surface area contributed by atoms with Gasteiger partial charge in [0.05, 0.1) is 29.6 Å². The molecule has 0 aliphatic carbocycles. The highest BCUT2D eigenvalue weighted by atomic mass is 32.2. The number of methoxy groups -OCH3 is 1. The minimum Gasteiger partial charge on any atom is -0.495 e. The van der Waals surface area contributed by atoms with Gasteiger partial charge in [0.25, 0.3) is 0 Å². The Morgan fingerprint density at radius 3 is 2.29 bits per heavy atom. The number of hydrogen-bond donors (Lipinski definition) is 1. The van der Waals surface area contributed by atoms with Crippen LogP contribution in [0.2, 0.25) is 0 Å². The van der Waals surface area contributed by atoms with Crippen molar-refractivity contribution in [2.45, 2.75) is 38.0 Å². The Kier molecular flexibility index (Phi) is 7.89. The molecular weight excluding hydrogens is 478 g/mol. The molecule has 1 saturated heterocycles. The quantitative estimate of drug-likeness (QED) is 0.586. The molecule has 1 heterocycles. The van der Waals surface area contributed by atoms with Gasteiger partial charge in [0.2, 0.25) is 26.0 Å². The number of ether oxygens (including phenoxy) is 1. The van der Waals surface area contributed by atoms with Crippen molar-refractivity contribution in [3.8, 4) is 5.75 Å². The van der Waals surface area contributed by atoms with Gasteiger partial charge >= 0.3 is 0 Å². The zero-order chi connectivity index (χ0) is 25.1. The van der Waals surface area contributed by atoms with Gasteiger partial charge in [-0.2, -0.15) is 4.31 Å². The van der Waals surface area contributed by atoms with Gasteiger partial charge in [-0.3, -0.25) is 9.10 Å². The monoisotopic (exact) mass is 509 g/mol. The number of carbonyl (C=O) groups is 1. The van der Waals surface area contributed by atoms with Crippen molar-refractivity contribution < 1.29 is 26.4 Å². The van der Waals surface area contributed by atoms with E-state index in [1.165, 1.54) is 29.6 Å². The highest BCUT2D eigenvalue weighted by Crippen LogP contribution is 2.30. The summed E-state index contributed by atoms with van der Waals surface area (Å²) in [4.78, 5) is 13.0. The summed E-state index contributed by atoms with van der Waals surface area (Å²) >= 11 is 0. The third-order valence-electron chi connectivity index (χ3n) is 5.71. The number of carbonyl (C=O) groups excluding carboxylic acids is 1. The lowest BCUT2D eigenvalue weighted by atomic mass is 10.1. The summed E-state index contributed by atoms with van der Waals surface area (Å²) in [6, 6.07) is 9.54. The molecule has 0 unspecified atom stereocenters. The van der Waals surface area contributed by atoms with Gasteiger partial charge in [0, 0.05) is 13.1 Å². The van der Waals surface area contributed by atoms with Crippen LogP contribution in [-0.2, 0) is 24.8 Å². The van der Waals surface area contributed by atoms with Crippen molar-refractivity contribution in [2.75, 3.05) is 42.6 Å². The molecule has 1 aliphatic heterocycles. The van der Waals surface area contributed by atoms with Crippen molar-refractivity contribution in [1.82, 2.24) is 4.31 Å². The van der Waals surface area contributed by atoms with Crippen LogP contribution in [0.25, 0.3) is 0 Å². The number of amides is 1. The van der Waals surface area contributed by atoms with E-state index in [1.807, 2.05) is 13.0 Å². The minimum absolute atomic E-state index is 0.0415. The molecule has 1 amide bonds. The Labute approximate surface area is 201 Å². The lowest BCUT2D eigenvalue weighted by molar-refractivity contribution is -0.114. The zero-order valence-electron chi connectivity index (χ0n) is 19.9. The first-order chi connectivity index (χ1) is 15.9. The number of benzene rings is 2. The molecule has 2 aromatic rings. The summed E-state index contributed by atoms with van der Waals surface area (Å²) in [5.41, 5.74) is 2.23. The van der Waals surface area contributed by atoms with Gasteiger partial charge in [-0.05, 0) is 56.5 Å². The molecule has 11 heteroatoms. The van der Waals surface area contributed by atoms with Gasteiger partial charge in [-0.15, -0.1) is 0 Å². The molecule has 2 aromatic carbocycles. The van der Waals surface area contributed by atoms with Gasteiger partial charge in [0.1, 0.15) is 12.3 Å². The SMILES string of the molecule is COc1ccc(S(=O)(=O)N2CCCCC2)cc1NC(=O)CN(c1ccc(C)cc1C)S(C)(=O)=O. The zero-order valence-corrected chi connectivity index (χ0v) is 21.5. The smallest absolute Gasteiger partial charge is 0.245 e. The van der Waals surface area contributed by atoms with E-state index >= 15 is 0 Å². The molecule has 9 nitrogen and oxygen atoms in total. The molecule has 0 saturated carbocycles. The molecule has 186 valence electrons. The third kappa shape index (κ3) is 5.89. The average Bonchev–Trinajstić information content (AvgIpc) is 2.78. The van der Waals surface area contributed by atoms with Crippen molar-refractivity contribution in [3.63, 3.8) is 0 Å². The Morgan fingerprint density at radius 2 is 1.71 bits per heavy atom. The summed E-state index contributed by atoms with van der Waals surface area (Å²) in [6.07, 6.45) is 3.64. The molecule has 0 bridgehead atoms. The van der Waals surface area contributed by atoms with Crippen LogP contribution in [0.3, 0.4) is 0 Å². The first-order valence-corrected chi connectivity index (χ1v) is 14.3. The molecule has 0 atom stereocenters. The van der Waals surface area contributed by atoms with Crippen LogP contribution in [-0.4, -0.2) is 60.0 Å². The number of rotatable bonds is 8. The van der Waals surface area contributed by atoms with Gasteiger partial charge in [-0.1, -0.05) is 24.1 Å². The van der Waals surface area contributed by atoms with Crippen LogP contribution < -0.4 is 14.4 Å². The maximum Gasteiger partial charge on any atom is 0.245 e. The number of sulfonamides is 2. The fourth-order valence-electron chi connectivity index (χ4n) is 3.99. The first-order valence-electron chi connectivity index (χ1n) is 11.0. The topological polar surface area (TPSA) is 113 Å². The van der Waals surface area contributed by atoms with E-state index in [-0.39, 0.29) is 16.3 Å². The molecule has 0 radical (unpaired) electrons. The molecule has 34 heavy (non-hydrogen) atoms. The van der Waals surface area contributed by atoms with Gasteiger partial charge in [0.15, 0.2) is 0 Å². The molecular formula is C23H31N3O6S2. The summed E-state index contributed by atoms with van der Waals surface area (Å²) in [7, 11) is -6.08. The van der Waals surface area contributed by atoms with E-state index in [4.69, 9.17) is 4.74 Å². The van der Waals surface area contributed by atoms with Crippen LogP contribution in [0.1, 0.15) is 30.4 Å². The largest absolute Gasteiger partial charge is 0.495 e. The number of anilines is 2. The van der Waals surface area contributed by atoms with E-state index < -0.39 is 32.5 Å². The highest BCUT2D eigenvalue weighted by molar-refractivity contribution is 7.92. The van der Waals surface area contributed by atoms with Crippen LogP contribution in [0.4, 0.5) is 11.4 Å². The van der Waals surface area contributed by atoms with E-state index in [9.17, 15) is 21.6 Å². The van der Waals surface area contributed by atoms with E-state index in [1.54, 1.807) is 19.1 Å². The average molecular weight is 510 g/mol. The summed E-state index contributed by atoms with van der Waals surface area (Å²) in [6.45, 7) is 4.10. The summed E-state index contributed by atoms with van der Waals surface area (Å²) < 4.78 is 58.9. The van der Waals surface area contributed by atoms with E-state index in [0.29, 0.717) is 24.3 Å². The second kappa shape index (κ2) is 10.3. The second-order valence-corrected chi connectivity index (χ2v) is 12.3. The number of aryl methyl sites for hydroxylation is 2. The fourth-order valence-corrected chi connectivity index (χ4v) is 6.44. The van der Waals surface area contributed by atoms with Gasteiger partial charge < -0.3 is 10.1 Å². The maximum absolute atomic E-state index is 13.1. The summed E-state index contributed by atoms with van der Waals surface area (Å²) in [5.74, 6) is -0.361. The molecule has 1 N–H and O–H groups in total. The van der Waals surface area contributed by atoms with Crippen molar-refractivity contribution >= 4 is 37.3 Å². The molecule has 1 fully saturated rings. The Hall–Kier alpha value is -2.63. The fraction of sp³-hybridized carbons (Fsp3) is 0.435. The van der Waals surface area contributed by atoms with Crippen LogP contribution in [0, 0.1) is 13.8 Å². The first kappa shape index (κ1) is 26.0. The van der Waals surface area contributed by atoms with Crippen molar-refractivity contribution in [2.24, 2.45) is 0 Å². The molecule has 1 aliphatic rings. The van der Waals surface area contributed by atoms with Crippen LogP contribution in [0.5, 0.6) is 5.75 Å². The number of nitrogens with zero attached hydrogens (tertiary/aromatic N) is 2. The number of hydrogen-bond acceptors (Lipinski definition) is 6. The van der Waals surface area contributed by atoms with Crippen molar-refractivity contribution in [1.29, 1.82) is 0 Å². The molecule has 0 spiro atoms. The normalized spacial score (nSPS) is 15.1. The molecule has 0 aromatic heterocycles. The van der Waals surface area contributed by atoms with E-state index in [0.717, 1.165) is 35.4 Å². The lowest BCUT2D eigenvalue weighted by Crippen LogP contribution is -2.38. The van der Waals surface area contributed by atoms with Crippen LogP contribution >= 0.6 is 0 Å². The predicted octanol–water partition coefficient (Wildman–Crippen LogP) is 2.89. The maximum atomic E-state index is 13.1. The van der Waals surface area contributed by atoms with E-state index in [2.05, 4.69) is 5.32 Å². The third-order valence-corrected chi connectivity index (χ3v) is 8.73. The minimum atomic E-state index is -3.76. The second-order valence-electron chi connectivity index (χ2n) is 8.43. The highest BCUT2D eigenvalue weighted by Gasteiger charge is 2.28. The predicted molar refractivity (Wildman–Crippen MR) is 132 cm³/mol. The lowest BCUT2D eigenvalue weighted by Gasteiger charge is -2.26. The summed E-state index contributed by atoms with van der Waals surface area (Å²) in [5, 5.41) is 2.63. The standard InChI is InChI=1S/C23H31N3O6S2/c1-17-8-10-21(18(2)14-17)26(33(4,28)29)16-23(27)24-20-15-19(9-11-22(20)32-3)34(30,31)25-12-6-5-7-13-25/h8-11,14-15H,5-7,12-13,16H2,1-4H3,(H,24,27).